The molecule has 0 saturated heterocycles. The Hall–Kier alpha value is -2.24. The lowest BCUT2D eigenvalue weighted by molar-refractivity contribution is 0.0513. The maximum Gasteiger partial charge on any atom is 0.341 e. The molecule has 1 aromatic carbocycles. The number of carbonyl (C=O) groups is 1. The normalized spacial score (nSPS) is 10.8. The van der Waals surface area contributed by atoms with Gasteiger partial charge in [0.25, 0.3) is 6.43 Å². The van der Waals surface area contributed by atoms with E-state index in [9.17, 15) is 13.6 Å². The number of halogens is 2. The van der Waals surface area contributed by atoms with Crippen LogP contribution in [0.5, 0.6) is 0 Å². The van der Waals surface area contributed by atoms with Gasteiger partial charge >= 0.3 is 5.97 Å². The first kappa shape index (κ1) is 14.2. The number of esters is 1. The van der Waals surface area contributed by atoms with E-state index in [-0.39, 0.29) is 18.7 Å². The summed E-state index contributed by atoms with van der Waals surface area (Å²) >= 11 is 0. The fourth-order valence-corrected chi connectivity index (χ4v) is 1.87. The van der Waals surface area contributed by atoms with Crippen LogP contribution in [0.1, 0.15) is 35.0 Å². The molecule has 0 saturated carbocycles. The van der Waals surface area contributed by atoms with Gasteiger partial charge in [-0.1, -0.05) is 30.3 Å². The molecule has 1 heterocycles. The average Bonchev–Trinajstić information content (AvgIpc) is 2.84. The van der Waals surface area contributed by atoms with E-state index in [1.54, 1.807) is 19.1 Å². The highest BCUT2D eigenvalue weighted by molar-refractivity contribution is 5.90. The monoisotopic (exact) mass is 280 g/mol. The van der Waals surface area contributed by atoms with Crippen molar-refractivity contribution in [2.45, 2.75) is 19.9 Å². The van der Waals surface area contributed by atoms with E-state index < -0.39 is 18.1 Å². The third-order valence-electron chi connectivity index (χ3n) is 2.76. The zero-order chi connectivity index (χ0) is 14.5. The smallest absolute Gasteiger partial charge is 0.341 e. The van der Waals surface area contributed by atoms with E-state index in [1.165, 1.54) is 0 Å². The Balaban J connectivity index is 2.32. The number of hydrogen-bond donors (Lipinski definition) is 0. The van der Waals surface area contributed by atoms with Crippen molar-refractivity contribution in [3.05, 3.63) is 53.3 Å². The SMILES string of the molecule is CCOC(=O)c1cnn(Cc2ccccc2)c1C(F)F. The summed E-state index contributed by atoms with van der Waals surface area (Å²) in [5.74, 6) is -0.776. The minimum Gasteiger partial charge on any atom is -0.462 e. The number of hydrogen-bond acceptors (Lipinski definition) is 3. The summed E-state index contributed by atoms with van der Waals surface area (Å²) in [5.41, 5.74) is 0.234. The number of benzene rings is 1. The zero-order valence-electron chi connectivity index (χ0n) is 10.9. The standard InChI is InChI=1S/C14H14F2N2O2/c1-2-20-14(19)11-8-17-18(12(11)13(15)16)9-10-6-4-3-5-7-10/h3-8,13H,2,9H2,1H3. The molecule has 0 aliphatic carbocycles. The molecule has 4 nitrogen and oxygen atoms in total. The topological polar surface area (TPSA) is 44.1 Å². The number of ether oxygens (including phenoxy) is 1. The van der Waals surface area contributed by atoms with Gasteiger partial charge < -0.3 is 4.74 Å². The van der Waals surface area contributed by atoms with Gasteiger partial charge in [0, 0.05) is 0 Å². The van der Waals surface area contributed by atoms with Crippen LogP contribution in [0, 0.1) is 0 Å². The second-order valence-electron chi connectivity index (χ2n) is 4.11. The first-order valence-corrected chi connectivity index (χ1v) is 6.18. The summed E-state index contributed by atoms with van der Waals surface area (Å²) in [4.78, 5) is 11.6. The van der Waals surface area contributed by atoms with Gasteiger partial charge in [-0.25, -0.2) is 13.6 Å². The second kappa shape index (κ2) is 6.27. The highest BCUT2D eigenvalue weighted by atomic mass is 19.3. The lowest BCUT2D eigenvalue weighted by atomic mass is 10.2. The van der Waals surface area contributed by atoms with Gasteiger partial charge in [-0.2, -0.15) is 5.10 Å². The van der Waals surface area contributed by atoms with Crippen molar-refractivity contribution in [2.75, 3.05) is 6.61 Å². The highest BCUT2D eigenvalue weighted by Crippen LogP contribution is 2.24. The highest BCUT2D eigenvalue weighted by Gasteiger charge is 2.25. The third-order valence-corrected chi connectivity index (χ3v) is 2.76. The first-order chi connectivity index (χ1) is 9.63. The fourth-order valence-electron chi connectivity index (χ4n) is 1.87. The lowest BCUT2D eigenvalue weighted by Crippen LogP contribution is -2.11. The van der Waals surface area contributed by atoms with Gasteiger partial charge in [0.05, 0.1) is 19.3 Å². The number of alkyl halides is 2. The fraction of sp³-hybridized carbons (Fsp3) is 0.286. The Kier molecular flexibility index (Phi) is 4.45. The van der Waals surface area contributed by atoms with E-state index in [1.807, 2.05) is 18.2 Å². The molecule has 1 aromatic heterocycles. The molecule has 2 rings (SSSR count). The van der Waals surface area contributed by atoms with Crippen LogP contribution in [-0.4, -0.2) is 22.4 Å². The molecular weight excluding hydrogens is 266 g/mol. The Morgan fingerprint density at radius 1 is 1.35 bits per heavy atom. The molecule has 0 fully saturated rings. The van der Waals surface area contributed by atoms with Gasteiger partial charge in [-0.3, -0.25) is 4.68 Å². The van der Waals surface area contributed by atoms with E-state index in [2.05, 4.69) is 5.10 Å². The van der Waals surface area contributed by atoms with Crippen LogP contribution >= 0.6 is 0 Å². The summed E-state index contributed by atoms with van der Waals surface area (Å²) < 4.78 is 32.2. The molecule has 6 heteroatoms. The Morgan fingerprint density at radius 3 is 2.65 bits per heavy atom. The molecule has 20 heavy (non-hydrogen) atoms. The molecule has 106 valence electrons. The van der Waals surface area contributed by atoms with Crippen LogP contribution < -0.4 is 0 Å². The van der Waals surface area contributed by atoms with Crippen LogP contribution in [-0.2, 0) is 11.3 Å². The van der Waals surface area contributed by atoms with Crippen molar-refractivity contribution >= 4 is 5.97 Å². The Bertz CT molecular complexity index is 582. The average molecular weight is 280 g/mol. The molecule has 0 amide bonds. The number of carbonyl (C=O) groups excluding carboxylic acids is 1. The van der Waals surface area contributed by atoms with Crippen molar-refractivity contribution in [1.29, 1.82) is 0 Å². The van der Waals surface area contributed by atoms with Gasteiger partial charge in [0.15, 0.2) is 0 Å². The largest absolute Gasteiger partial charge is 0.462 e. The predicted molar refractivity (Wildman–Crippen MR) is 68.7 cm³/mol. The second-order valence-corrected chi connectivity index (χ2v) is 4.11. The van der Waals surface area contributed by atoms with Crippen LogP contribution in [0.2, 0.25) is 0 Å². The van der Waals surface area contributed by atoms with Crippen molar-refractivity contribution in [2.24, 2.45) is 0 Å². The molecule has 2 aromatic rings. The Morgan fingerprint density at radius 2 is 2.05 bits per heavy atom. The summed E-state index contributed by atoms with van der Waals surface area (Å²) in [6.07, 6.45) is -1.66. The number of aromatic nitrogens is 2. The minimum atomic E-state index is -2.79. The first-order valence-electron chi connectivity index (χ1n) is 6.18. The number of rotatable bonds is 5. The van der Waals surface area contributed by atoms with E-state index in [4.69, 9.17) is 4.74 Å². The summed E-state index contributed by atoms with van der Waals surface area (Å²) in [5, 5.41) is 3.87. The molecule has 0 unspecified atom stereocenters. The number of nitrogens with zero attached hydrogens (tertiary/aromatic N) is 2. The summed E-state index contributed by atoms with van der Waals surface area (Å²) in [6, 6.07) is 9.08. The molecular formula is C14H14F2N2O2. The van der Waals surface area contributed by atoms with E-state index in [0.717, 1.165) is 16.4 Å². The van der Waals surface area contributed by atoms with Crippen LogP contribution in [0.15, 0.2) is 36.5 Å². The molecule has 0 spiro atoms. The van der Waals surface area contributed by atoms with Crippen molar-refractivity contribution < 1.29 is 18.3 Å². The zero-order valence-corrected chi connectivity index (χ0v) is 10.9. The molecule has 0 N–H and O–H groups in total. The summed E-state index contributed by atoms with van der Waals surface area (Å²) in [6.45, 7) is 1.93. The van der Waals surface area contributed by atoms with Crippen LogP contribution in [0.4, 0.5) is 8.78 Å². The minimum absolute atomic E-state index is 0.130. The Labute approximate surface area is 115 Å². The van der Waals surface area contributed by atoms with Gasteiger partial charge in [0.2, 0.25) is 0 Å². The van der Waals surface area contributed by atoms with Gasteiger partial charge in [-0.05, 0) is 12.5 Å². The maximum atomic E-state index is 13.2. The molecule has 0 aliphatic rings. The van der Waals surface area contributed by atoms with Gasteiger partial charge in [0.1, 0.15) is 11.3 Å². The molecule has 0 atom stereocenters. The van der Waals surface area contributed by atoms with Gasteiger partial charge in [-0.15, -0.1) is 0 Å². The maximum absolute atomic E-state index is 13.2. The van der Waals surface area contributed by atoms with Crippen LogP contribution in [0.3, 0.4) is 0 Å². The molecule has 0 aliphatic heterocycles. The quantitative estimate of drug-likeness (QED) is 0.791. The van der Waals surface area contributed by atoms with Crippen molar-refractivity contribution in [3.8, 4) is 0 Å². The molecule has 0 radical (unpaired) electrons. The van der Waals surface area contributed by atoms with Crippen LogP contribution in [0.25, 0.3) is 0 Å². The molecule has 0 bridgehead atoms. The predicted octanol–water partition coefficient (Wildman–Crippen LogP) is 3.05. The van der Waals surface area contributed by atoms with E-state index in [0.29, 0.717) is 0 Å². The van der Waals surface area contributed by atoms with Crippen molar-refractivity contribution in [1.82, 2.24) is 9.78 Å². The van der Waals surface area contributed by atoms with Crippen molar-refractivity contribution in [3.63, 3.8) is 0 Å². The van der Waals surface area contributed by atoms with E-state index >= 15 is 0 Å². The lowest BCUT2D eigenvalue weighted by Gasteiger charge is -2.08. The summed E-state index contributed by atoms with van der Waals surface area (Å²) in [7, 11) is 0. The third kappa shape index (κ3) is 3.01.